The Labute approximate surface area is 166 Å². The van der Waals surface area contributed by atoms with Gasteiger partial charge in [0, 0.05) is 18.0 Å². The van der Waals surface area contributed by atoms with Gasteiger partial charge in [-0.15, -0.1) is 0 Å². The first kappa shape index (κ1) is 18.3. The van der Waals surface area contributed by atoms with Gasteiger partial charge < -0.3 is 14.0 Å². The Morgan fingerprint density at radius 2 is 1.86 bits per heavy atom. The first-order valence-corrected chi connectivity index (χ1v) is 9.72. The van der Waals surface area contributed by atoms with Crippen molar-refractivity contribution >= 4 is 17.1 Å². The van der Waals surface area contributed by atoms with E-state index in [1.165, 1.54) is 25.0 Å². The second kappa shape index (κ2) is 6.95. The summed E-state index contributed by atoms with van der Waals surface area (Å²) in [5.41, 5.74) is 1.82. The maximum Gasteiger partial charge on any atom is 0.416 e. The summed E-state index contributed by atoms with van der Waals surface area (Å²) in [4.78, 5) is 0. The predicted octanol–water partition coefficient (Wildman–Crippen LogP) is 6.16. The lowest BCUT2D eigenvalue weighted by atomic mass is 10.1. The van der Waals surface area contributed by atoms with Crippen molar-refractivity contribution in [1.82, 2.24) is 4.57 Å². The SMILES string of the molecule is FC(F)(F)c1cccc(CC2=Cn3c(cc4ccccc43)C(OCC3CC3)O2)c1. The third-order valence-corrected chi connectivity index (χ3v) is 5.36. The molecule has 2 aliphatic rings. The number of allylic oxidation sites excluding steroid dienone is 1. The van der Waals surface area contributed by atoms with Crippen LogP contribution in [0.3, 0.4) is 0 Å². The smallest absolute Gasteiger partial charge is 0.416 e. The molecule has 1 aliphatic heterocycles. The van der Waals surface area contributed by atoms with Crippen molar-refractivity contribution in [2.45, 2.75) is 31.7 Å². The molecular weight excluding hydrogens is 379 g/mol. The summed E-state index contributed by atoms with van der Waals surface area (Å²) in [6, 6.07) is 15.4. The molecule has 0 radical (unpaired) electrons. The maximum absolute atomic E-state index is 13.1. The summed E-state index contributed by atoms with van der Waals surface area (Å²) >= 11 is 0. The minimum Gasteiger partial charge on any atom is -0.461 e. The van der Waals surface area contributed by atoms with Gasteiger partial charge in [0.1, 0.15) is 5.76 Å². The van der Waals surface area contributed by atoms with Crippen molar-refractivity contribution in [2.24, 2.45) is 5.92 Å². The number of aromatic nitrogens is 1. The number of rotatable bonds is 5. The minimum absolute atomic E-state index is 0.263. The fraction of sp³-hybridized carbons (Fsp3) is 0.304. The van der Waals surface area contributed by atoms with E-state index < -0.39 is 18.0 Å². The lowest BCUT2D eigenvalue weighted by Gasteiger charge is -2.27. The Balaban J connectivity index is 1.48. The molecule has 150 valence electrons. The van der Waals surface area contributed by atoms with Gasteiger partial charge in [0.15, 0.2) is 0 Å². The van der Waals surface area contributed by atoms with E-state index in [0.29, 0.717) is 23.8 Å². The standard InChI is InChI=1S/C23H20F3NO2/c24-23(25,26)18-6-3-4-16(10-18)11-19-13-27-20-7-2-1-5-17(20)12-21(27)22(29-19)28-14-15-8-9-15/h1-7,10,12-13,15,22H,8-9,11,14H2. The van der Waals surface area contributed by atoms with Crippen molar-refractivity contribution < 1.29 is 22.6 Å². The summed E-state index contributed by atoms with van der Waals surface area (Å²) in [7, 11) is 0. The van der Waals surface area contributed by atoms with Crippen LogP contribution in [-0.2, 0) is 22.1 Å². The largest absolute Gasteiger partial charge is 0.461 e. The molecule has 1 aliphatic carbocycles. The van der Waals surface area contributed by atoms with Crippen LogP contribution in [-0.4, -0.2) is 11.2 Å². The second-order valence-electron chi connectivity index (χ2n) is 7.69. The average Bonchev–Trinajstić information content (AvgIpc) is 3.45. The number of fused-ring (bicyclic) bond motifs is 3. The van der Waals surface area contributed by atoms with Gasteiger partial charge >= 0.3 is 6.18 Å². The summed E-state index contributed by atoms with van der Waals surface area (Å²) in [6.45, 7) is 0.628. The van der Waals surface area contributed by atoms with Gasteiger partial charge in [-0.25, -0.2) is 0 Å². The summed E-state index contributed by atoms with van der Waals surface area (Å²) in [6.07, 6.45) is -0.467. The highest BCUT2D eigenvalue weighted by molar-refractivity contribution is 5.83. The molecule has 3 aromatic rings. The van der Waals surface area contributed by atoms with E-state index >= 15 is 0 Å². The third kappa shape index (κ3) is 3.77. The number of halogens is 3. The molecule has 0 bridgehead atoms. The molecule has 3 nitrogen and oxygen atoms in total. The van der Waals surface area contributed by atoms with Crippen LogP contribution in [0.4, 0.5) is 13.2 Å². The Morgan fingerprint density at radius 1 is 1.03 bits per heavy atom. The molecule has 0 spiro atoms. The van der Waals surface area contributed by atoms with Gasteiger partial charge in [0.25, 0.3) is 0 Å². The molecule has 0 saturated heterocycles. The summed E-state index contributed by atoms with van der Waals surface area (Å²) in [5.74, 6) is 1.16. The quantitative estimate of drug-likeness (QED) is 0.513. The topological polar surface area (TPSA) is 23.4 Å². The Kier molecular flexibility index (Phi) is 4.39. The first-order chi connectivity index (χ1) is 14.0. The van der Waals surface area contributed by atoms with E-state index in [1.54, 1.807) is 6.07 Å². The van der Waals surface area contributed by atoms with Gasteiger partial charge in [0.2, 0.25) is 6.29 Å². The van der Waals surface area contributed by atoms with Crippen LogP contribution in [0.25, 0.3) is 17.1 Å². The molecule has 1 atom stereocenters. The molecule has 1 fully saturated rings. The van der Waals surface area contributed by atoms with Gasteiger partial charge in [-0.05, 0) is 42.5 Å². The highest BCUT2D eigenvalue weighted by Crippen LogP contribution is 2.37. The molecule has 0 amide bonds. The van der Waals surface area contributed by atoms with Crippen LogP contribution in [0.5, 0.6) is 0 Å². The Hall–Kier alpha value is -2.73. The molecule has 0 N–H and O–H groups in total. The zero-order valence-corrected chi connectivity index (χ0v) is 15.7. The number of alkyl halides is 3. The number of benzene rings is 2. The van der Waals surface area contributed by atoms with Crippen molar-refractivity contribution in [2.75, 3.05) is 6.61 Å². The second-order valence-corrected chi connectivity index (χ2v) is 7.69. The van der Waals surface area contributed by atoms with E-state index in [2.05, 4.69) is 0 Å². The lowest BCUT2D eigenvalue weighted by Crippen LogP contribution is -2.19. The molecule has 1 unspecified atom stereocenters. The third-order valence-electron chi connectivity index (χ3n) is 5.36. The monoisotopic (exact) mass is 399 g/mol. The fourth-order valence-corrected chi connectivity index (χ4v) is 3.67. The minimum atomic E-state index is -4.36. The molecule has 1 saturated carbocycles. The highest BCUT2D eigenvalue weighted by Gasteiger charge is 2.31. The average molecular weight is 399 g/mol. The number of para-hydroxylation sites is 1. The van der Waals surface area contributed by atoms with Crippen LogP contribution in [0.1, 0.15) is 36.0 Å². The molecule has 5 rings (SSSR count). The van der Waals surface area contributed by atoms with E-state index in [4.69, 9.17) is 9.47 Å². The molecule has 1 aromatic heterocycles. The highest BCUT2D eigenvalue weighted by atomic mass is 19.4. The van der Waals surface area contributed by atoms with Crippen LogP contribution >= 0.6 is 0 Å². The Bertz CT molecular complexity index is 1080. The van der Waals surface area contributed by atoms with E-state index in [9.17, 15) is 13.2 Å². The summed E-state index contributed by atoms with van der Waals surface area (Å²) in [5, 5.41) is 1.07. The normalized spacial score (nSPS) is 19.0. The van der Waals surface area contributed by atoms with Crippen molar-refractivity contribution in [3.8, 4) is 0 Å². The number of hydrogen-bond acceptors (Lipinski definition) is 2. The number of ether oxygens (including phenoxy) is 2. The van der Waals surface area contributed by atoms with Crippen molar-refractivity contribution in [3.63, 3.8) is 0 Å². The van der Waals surface area contributed by atoms with Crippen molar-refractivity contribution in [1.29, 1.82) is 0 Å². The van der Waals surface area contributed by atoms with Gasteiger partial charge in [-0.2, -0.15) is 13.2 Å². The van der Waals surface area contributed by atoms with Crippen LogP contribution in [0.2, 0.25) is 0 Å². The summed E-state index contributed by atoms with van der Waals surface area (Å²) < 4.78 is 53.3. The first-order valence-electron chi connectivity index (χ1n) is 9.72. The van der Waals surface area contributed by atoms with Gasteiger partial charge in [0.05, 0.1) is 23.4 Å². The van der Waals surface area contributed by atoms with E-state index in [-0.39, 0.29) is 6.42 Å². The van der Waals surface area contributed by atoms with Gasteiger partial charge in [-0.3, -0.25) is 0 Å². The lowest BCUT2D eigenvalue weighted by molar-refractivity contribution is -0.137. The molecule has 2 aromatic carbocycles. The zero-order valence-electron chi connectivity index (χ0n) is 15.7. The molecule has 29 heavy (non-hydrogen) atoms. The van der Waals surface area contributed by atoms with Crippen molar-refractivity contribution in [3.05, 3.63) is 77.2 Å². The maximum atomic E-state index is 13.1. The van der Waals surface area contributed by atoms with Crippen LogP contribution in [0, 0.1) is 5.92 Å². The van der Waals surface area contributed by atoms with Gasteiger partial charge in [-0.1, -0.05) is 36.4 Å². The number of hydrogen-bond donors (Lipinski definition) is 0. The predicted molar refractivity (Wildman–Crippen MR) is 104 cm³/mol. The molecule has 6 heteroatoms. The van der Waals surface area contributed by atoms with Crippen LogP contribution in [0.15, 0.2) is 60.4 Å². The fourth-order valence-electron chi connectivity index (χ4n) is 3.67. The van der Waals surface area contributed by atoms with E-state index in [0.717, 1.165) is 22.7 Å². The number of nitrogens with zero attached hydrogens (tertiary/aromatic N) is 1. The Morgan fingerprint density at radius 3 is 2.66 bits per heavy atom. The van der Waals surface area contributed by atoms with E-state index in [1.807, 2.05) is 41.1 Å². The van der Waals surface area contributed by atoms with Crippen LogP contribution < -0.4 is 0 Å². The molecular formula is C23H20F3NO2. The zero-order chi connectivity index (χ0) is 20.0. The molecule has 2 heterocycles.